The van der Waals surface area contributed by atoms with Gasteiger partial charge < -0.3 is 14.2 Å². The number of hydrogen-bond donors (Lipinski definition) is 2. The molecule has 0 spiro atoms. The minimum atomic E-state index is -3.92. The van der Waals surface area contributed by atoms with Crippen molar-refractivity contribution < 1.29 is 27.4 Å². The van der Waals surface area contributed by atoms with Gasteiger partial charge in [-0.2, -0.15) is 5.10 Å². The summed E-state index contributed by atoms with van der Waals surface area (Å²) in [6.07, 6.45) is 1.45. The van der Waals surface area contributed by atoms with E-state index in [2.05, 4.69) is 15.2 Å². The summed E-state index contributed by atoms with van der Waals surface area (Å²) in [6, 6.07) is 17.5. The fraction of sp³-hybridized carbons (Fsp3) is 0.130. The second-order valence-corrected chi connectivity index (χ2v) is 8.55. The summed E-state index contributed by atoms with van der Waals surface area (Å²) >= 11 is 0. The first-order valence-electron chi connectivity index (χ1n) is 10.0. The van der Waals surface area contributed by atoms with Gasteiger partial charge in [0.25, 0.3) is 15.9 Å². The van der Waals surface area contributed by atoms with E-state index in [1.54, 1.807) is 42.5 Å². The molecule has 0 atom stereocenters. The third-order valence-electron chi connectivity index (χ3n) is 4.64. The number of fused-ring (bicyclic) bond motifs is 1. The quantitative estimate of drug-likeness (QED) is 0.388. The van der Waals surface area contributed by atoms with Crippen molar-refractivity contribution in [2.45, 2.75) is 11.8 Å². The fourth-order valence-corrected chi connectivity index (χ4v) is 4.15. The zero-order valence-electron chi connectivity index (χ0n) is 17.6. The number of hydrogen-bond acceptors (Lipinski definition) is 7. The number of nitrogens with one attached hydrogen (secondary N) is 2. The average molecular weight is 468 g/mol. The molecule has 1 aliphatic rings. The standard InChI is InChI=1S/C23H21N3O6S/c1-2-30-17-8-10-18(11-9-17)33(28,29)26-20-6-4-3-5-19(20)23(27)25-24-14-16-7-12-21-22(13-16)32-15-31-21/h3-14,26H,2,15H2,1H3,(H,25,27)/b24-14-. The van der Waals surface area contributed by atoms with Crippen molar-refractivity contribution in [2.24, 2.45) is 5.10 Å². The highest BCUT2D eigenvalue weighted by molar-refractivity contribution is 7.92. The molecule has 0 aromatic heterocycles. The molecule has 3 aromatic carbocycles. The van der Waals surface area contributed by atoms with Crippen LogP contribution in [0, 0.1) is 0 Å². The molecule has 0 unspecified atom stereocenters. The van der Waals surface area contributed by atoms with Crippen molar-refractivity contribution in [3.63, 3.8) is 0 Å². The number of amides is 1. The predicted molar refractivity (Wildman–Crippen MR) is 122 cm³/mol. The summed E-state index contributed by atoms with van der Waals surface area (Å²) < 4.78 is 44.0. The Hall–Kier alpha value is -4.05. The Balaban J connectivity index is 1.46. The molecule has 4 rings (SSSR count). The van der Waals surface area contributed by atoms with Crippen LogP contribution in [-0.2, 0) is 10.0 Å². The van der Waals surface area contributed by atoms with Crippen molar-refractivity contribution in [1.29, 1.82) is 0 Å². The minimum absolute atomic E-state index is 0.0435. The van der Waals surface area contributed by atoms with Gasteiger partial charge in [-0.25, -0.2) is 13.8 Å². The third kappa shape index (κ3) is 5.24. The Morgan fingerprint density at radius 2 is 1.82 bits per heavy atom. The maximum absolute atomic E-state index is 12.8. The van der Waals surface area contributed by atoms with Gasteiger partial charge >= 0.3 is 0 Å². The van der Waals surface area contributed by atoms with Gasteiger partial charge in [0, 0.05) is 0 Å². The molecule has 2 N–H and O–H groups in total. The van der Waals surface area contributed by atoms with Gasteiger partial charge in [0.2, 0.25) is 6.79 Å². The van der Waals surface area contributed by atoms with E-state index in [1.807, 2.05) is 6.92 Å². The summed E-state index contributed by atoms with van der Waals surface area (Å²) in [5.41, 5.74) is 3.36. The van der Waals surface area contributed by atoms with Crippen LogP contribution in [0.1, 0.15) is 22.8 Å². The Labute approximate surface area is 191 Å². The molecule has 1 amide bonds. The first kappa shape index (κ1) is 22.2. The summed E-state index contributed by atoms with van der Waals surface area (Å²) in [4.78, 5) is 12.7. The molecule has 0 radical (unpaired) electrons. The normalized spacial score (nSPS) is 12.5. The molecule has 9 nitrogen and oxygen atoms in total. The van der Waals surface area contributed by atoms with Crippen molar-refractivity contribution in [1.82, 2.24) is 5.43 Å². The lowest BCUT2D eigenvalue weighted by molar-refractivity contribution is 0.0956. The highest BCUT2D eigenvalue weighted by atomic mass is 32.2. The van der Waals surface area contributed by atoms with Crippen LogP contribution < -0.4 is 24.4 Å². The van der Waals surface area contributed by atoms with Gasteiger partial charge in [-0.1, -0.05) is 12.1 Å². The number of carbonyl (C=O) groups is 1. The van der Waals surface area contributed by atoms with Crippen LogP contribution in [0.3, 0.4) is 0 Å². The van der Waals surface area contributed by atoms with Crippen molar-refractivity contribution in [3.8, 4) is 17.2 Å². The molecule has 1 heterocycles. The van der Waals surface area contributed by atoms with Crippen molar-refractivity contribution in [3.05, 3.63) is 77.9 Å². The smallest absolute Gasteiger partial charge is 0.273 e. The lowest BCUT2D eigenvalue weighted by Gasteiger charge is -2.12. The zero-order valence-corrected chi connectivity index (χ0v) is 18.5. The van der Waals surface area contributed by atoms with Crippen LogP contribution in [-0.4, -0.2) is 33.9 Å². The number of anilines is 1. The summed E-state index contributed by atoms with van der Waals surface area (Å²) in [6.45, 7) is 2.48. The maximum atomic E-state index is 12.8. The number of rotatable bonds is 8. The van der Waals surface area contributed by atoms with Crippen LogP contribution in [0.2, 0.25) is 0 Å². The van der Waals surface area contributed by atoms with Gasteiger partial charge in [0.05, 0.1) is 29.0 Å². The molecular weight excluding hydrogens is 446 g/mol. The number of nitrogens with zero attached hydrogens (tertiary/aromatic N) is 1. The molecule has 10 heteroatoms. The minimum Gasteiger partial charge on any atom is -0.494 e. The zero-order chi connectivity index (χ0) is 23.3. The number of ether oxygens (including phenoxy) is 3. The third-order valence-corrected chi connectivity index (χ3v) is 6.02. The maximum Gasteiger partial charge on any atom is 0.273 e. The van der Waals surface area contributed by atoms with Gasteiger partial charge in [-0.3, -0.25) is 9.52 Å². The van der Waals surface area contributed by atoms with E-state index in [0.29, 0.717) is 29.4 Å². The first-order chi connectivity index (χ1) is 16.0. The SMILES string of the molecule is CCOc1ccc(S(=O)(=O)Nc2ccccc2C(=O)N/N=C\c2ccc3c(c2)OCO3)cc1. The lowest BCUT2D eigenvalue weighted by atomic mass is 10.2. The van der Waals surface area contributed by atoms with Crippen LogP contribution in [0.4, 0.5) is 5.69 Å². The Bertz CT molecular complexity index is 1290. The van der Waals surface area contributed by atoms with Crippen LogP contribution in [0.25, 0.3) is 0 Å². The number of para-hydroxylation sites is 1. The number of sulfonamides is 1. The highest BCUT2D eigenvalue weighted by Gasteiger charge is 2.19. The molecule has 33 heavy (non-hydrogen) atoms. The second kappa shape index (κ2) is 9.61. The lowest BCUT2D eigenvalue weighted by Crippen LogP contribution is -2.21. The molecule has 3 aromatic rings. The summed E-state index contributed by atoms with van der Waals surface area (Å²) in [5, 5.41) is 3.95. The van der Waals surface area contributed by atoms with Gasteiger partial charge in [0.1, 0.15) is 5.75 Å². The van der Waals surface area contributed by atoms with Gasteiger partial charge in [-0.15, -0.1) is 0 Å². The molecule has 1 aliphatic heterocycles. The van der Waals surface area contributed by atoms with Crippen LogP contribution >= 0.6 is 0 Å². The number of hydrazone groups is 1. The Kier molecular flexibility index (Phi) is 6.45. The Morgan fingerprint density at radius 3 is 2.61 bits per heavy atom. The fourth-order valence-electron chi connectivity index (χ4n) is 3.07. The molecule has 0 aliphatic carbocycles. The predicted octanol–water partition coefficient (Wildman–Crippen LogP) is 3.38. The van der Waals surface area contributed by atoms with E-state index in [1.165, 1.54) is 30.5 Å². The van der Waals surface area contributed by atoms with E-state index in [0.717, 1.165) is 0 Å². The average Bonchev–Trinajstić information content (AvgIpc) is 3.28. The van der Waals surface area contributed by atoms with Crippen molar-refractivity contribution >= 4 is 27.8 Å². The monoisotopic (exact) mass is 467 g/mol. The van der Waals surface area contributed by atoms with Crippen LogP contribution in [0.5, 0.6) is 17.2 Å². The van der Waals surface area contributed by atoms with E-state index in [9.17, 15) is 13.2 Å². The van der Waals surface area contributed by atoms with Crippen LogP contribution in [0.15, 0.2) is 76.7 Å². The van der Waals surface area contributed by atoms with E-state index < -0.39 is 15.9 Å². The largest absolute Gasteiger partial charge is 0.494 e. The molecule has 0 fully saturated rings. The molecule has 170 valence electrons. The molecule has 0 saturated carbocycles. The van der Waals surface area contributed by atoms with E-state index in [4.69, 9.17) is 14.2 Å². The first-order valence-corrected chi connectivity index (χ1v) is 11.5. The number of carbonyl (C=O) groups excluding carboxylic acids is 1. The topological polar surface area (TPSA) is 115 Å². The molecular formula is C23H21N3O6S. The van der Waals surface area contributed by atoms with E-state index in [-0.39, 0.29) is 22.9 Å². The van der Waals surface area contributed by atoms with Gasteiger partial charge in [-0.05, 0) is 67.1 Å². The molecule has 0 saturated heterocycles. The second-order valence-electron chi connectivity index (χ2n) is 6.87. The van der Waals surface area contributed by atoms with Gasteiger partial charge in [0.15, 0.2) is 11.5 Å². The Morgan fingerprint density at radius 1 is 1.06 bits per heavy atom. The summed E-state index contributed by atoms with van der Waals surface area (Å²) in [7, 11) is -3.92. The molecule has 0 bridgehead atoms. The highest BCUT2D eigenvalue weighted by Crippen LogP contribution is 2.32. The van der Waals surface area contributed by atoms with E-state index >= 15 is 0 Å². The number of benzene rings is 3. The summed E-state index contributed by atoms with van der Waals surface area (Å²) in [5.74, 6) is 1.23. The van der Waals surface area contributed by atoms with Crippen molar-refractivity contribution in [2.75, 3.05) is 18.1 Å².